The molecule has 25 heavy (non-hydrogen) atoms. The summed E-state index contributed by atoms with van der Waals surface area (Å²) in [6.45, 7) is 2.98. The van der Waals surface area contributed by atoms with Crippen molar-refractivity contribution in [1.29, 1.82) is 0 Å². The van der Waals surface area contributed by atoms with Crippen molar-refractivity contribution >= 4 is 31.9 Å². The Kier molecular flexibility index (Phi) is 5.16. The molecule has 1 fully saturated rings. The average Bonchev–Trinajstić information content (AvgIpc) is 3.15. The molecule has 0 radical (unpaired) electrons. The number of amides is 1. The number of aromatic nitrogens is 4. The van der Waals surface area contributed by atoms with Crippen molar-refractivity contribution in [3.63, 3.8) is 0 Å². The van der Waals surface area contributed by atoms with E-state index in [9.17, 15) is 13.2 Å². The average molecular weight is 429 g/mol. The van der Waals surface area contributed by atoms with E-state index in [2.05, 4.69) is 31.1 Å². The first kappa shape index (κ1) is 18.0. The normalized spacial score (nSPS) is 16.2. The monoisotopic (exact) mass is 428 g/mol. The van der Waals surface area contributed by atoms with Crippen LogP contribution in [0, 0.1) is 0 Å². The van der Waals surface area contributed by atoms with Crippen LogP contribution in [0.1, 0.15) is 17.3 Å². The summed E-state index contributed by atoms with van der Waals surface area (Å²) < 4.78 is 27.5. The van der Waals surface area contributed by atoms with E-state index in [1.54, 1.807) is 22.5 Å². The lowest BCUT2D eigenvalue weighted by Gasteiger charge is -2.33. The predicted octanol–water partition coefficient (Wildman–Crippen LogP) is 0.532. The Labute approximate surface area is 153 Å². The van der Waals surface area contributed by atoms with Gasteiger partial charge in [-0.25, -0.2) is 13.4 Å². The molecule has 0 saturated carbocycles. The van der Waals surface area contributed by atoms with Gasteiger partial charge in [0.25, 0.3) is 5.91 Å². The van der Waals surface area contributed by atoms with Gasteiger partial charge < -0.3 is 4.90 Å². The first-order valence-corrected chi connectivity index (χ1v) is 10.1. The van der Waals surface area contributed by atoms with Gasteiger partial charge in [-0.2, -0.15) is 4.31 Å². The molecule has 2 aromatic heterocycles. The van der Waals surface area contributed by atoms with E-state index in [1.165, 1.54) is 23.2 Å². The number of carbonyl (C=O) groups is 1. The van der Waals surface area contributed by atoms with Gasteiger partial charge in [0.15, 0.2) is 5.82 Å². The fourth-order valence-corrected chi connectivity index (χ4v) is 4.22. The maximum absolute atomic E-state index is 12.6. The Hall–Kier alpha value is -1.85. The highest BCUT2D eigenvalue weighted by Crippen LogP contribution is 2.21. The number of pyridine rings is 1. The molecule has 134 valence electrons. The highest BCUT2D eigenvalue weighted by Gasteiger charge is 2.28. The molecule has 3 rings (SSSR count). The van der Waals surface area contributed by atoms with Crippen molar-refractivity contribution in [3.05, 3.63) is 35.0 Å². The lowest BCUT2D eigenvalue weighted by molar-refractivity contribution is 0.0697. The highest BCUT2D eigenvalue weighted by atomic mass is 79.9. The second kappa shape index (κ2) is 7.18. The molecule has 1 amide bonds. The minimum Gasteiger partial charge on any atom is -0.336 e. The molecule has 0 aliphatic carbocycles. The summed E-state index contributed by atoms with van der Waals surface area (Å²) in [5, 5.41) is 7.46. The number of carbonyl (C=O) groups excluding carboxylic acids is 1. The topological polar surface area (TPSA) is 101 Å². The molecule has 0 atom stereocenters. The van der Waals surface area contributed by atoms with Crippen LogP contribution in [-0.4, -0.2) is 75.2 Å². The van der Waals surface area contributed by atoms with Gasteiger partial charge in [-0.15, -0.1) is 10.2 Å². The molecule has 0 spiro atoms. The molecular weight excluding hydrogens is 412 g/mol. The minimum absolute atomic E-state index is 0.0718. The van der Waals surface area contributed by atoms with Crippen LogP contribution in [0.15, 0.2) is 29.4 Å². The van der Waals surface area contributed by atoms with E-state index in [1.807, 2.05) is 0 Å². The summed E-state index contributed by atoms with van der Waals surface area (Å²) in [4.78, 5) is 18.6. The quantitative estimate of drug-likeness (QED) is 0.703. The molecule has 9 nitrogen and oxygen atoms in total. The fraction of sp³-hybridized carbons (Fsp3) is 0.429. The third-order valence-electron chi connectivity index (χ3n) is 4.02. The fourth-order valence-electron chi connectivity index (χ4n) is 2.58. The van der Waals surface area contributed by atoms with E-state index in [-0.39, 0.29) is 11.7 Å². The first-order chi connectivity index (χ1) is 11.9. The van der Waals surface area contributed by atoms with Crippen LogP contribution in [0.2, 0.25) is 0 Å². The Morgan fingerprint density at radius 2 is 1.84 bits per heavy atom. The van der Waals surface area contributed by atoms with Gasteiger partial charge in [0.05, 0.1) is 15.8 Å². The Morgan fingerprint density at radius 3 is 2.40 bits per heavy atom. The summed E-state index contributed by atoms with van der Waals surface area (Å²) >= 11 is 3.41. The standard InChI is InChI=1S/C14H17BrN6O3S/c1-2-25(23,24)21-5-3-19(4-6-21)14(22)11-7-12(15)13(16-8-11)20-9-17-18-10-20/h7-10H,2-6H2,1H3. The summed E-state index contributed by atoms with van der Waals surface area (Å²) in [6, 6.07) is 1.69. The number of hydrogen-bond donors (Lipinski definition) is 0. The molecule has 0 aromatic carbocycles. The van der Waals surface area contributed by atoms with Crippen LogP contribution in [0.25, 0.3) is 5.82 Å². The largest absolute Gasteiger partial charge is 0.336 e. The second-order valence-corrected chi connectivity index (χ2v) is 8.60. The molecule has 0 unspecified atom stereocenters. The Balaban J connectivity index is 1.71. The summed E-state index contributed by atoms with van der Waals surface area (Å²) in [6.07, 6.45) is 4.53. The van der Waals surface area contributed by atoms with Gasteiger partial charge in [0, 0.05) is 32.4 Å². The van der Waals surface area contributed by atoms with Crippen LogP contribution in [0.5, 0.6) is 0 Å². The van der Waals surface area contributed by atoms with Gasteiger partial charge in [-0.3, -0.25) is 9.36 Å². The molecule has 1 saturated heterocycles. The maximum Gasteiger partial charge on any atom is 0.255 e. The zero-order chi connectivity index (χ0) is 18.0. The van der Waals surface area contributed by atoms with Crippen LogP contribution in [-0.2, 0) is 10.0 Å². The van der Waals surface area contributed by atoms with E-state index < -0.39 is 10.0 Å². The molecule has 2 aromatic rings. The Morgan fingerprint density at radius 1 is 1.20 bits per heavy atom. The number of piperazine rings is 1. The lowest BCUT2D eigenvalue weighted by Crippen LogP contribution is -2.50. The van der Waals surface area contributed by atoms with Crippen molar-refractivity contribution in [3.8, 4) is 5.82 Å². The molecular formula is C14H17BrN6O3S. The van der Waals surface area contributed by atoms with Crippen LogP contribution in [0.3, 0.4) is 0 Å². The van der Waals surface area contributed by atoms with Crippen molar-refractivity contribution in [2.75, 3.05) is 31.9 Å². The minimum atomic E-state index is -3.21. The Bertz CT molecular complexity index is 863. The smallest absolute Gasteiger partial charge is 0.255 e. The summed E-state index contributed by atoms with van der Waals surface area (Å²) in [5.41, 5.74) is 0.440. The SMILES string of the molecule is CCS(=O)(=O)N1CCN(C(=O)c2cnc(-n3cnnc3)c(Br)c2)CC1. The number of halogens is 1. The zero-order valence-electron chi connectivity index (χ0n) is 13.5. The molecule has 0 N–H and O–H groups in total. The van der Waals surface area contributed by atoms with Crippen LogP contribution in [0.4, 0.5) is 0 Å². The maximum atomic E-state index is 12.6. The van der Waals surface area contributed by atoms with Crippen molar-refractivity contribution in [2.24, 2.45) is 0 Å². The van der Waals surface area contributed by atoms with Gasteiger partial charge in [0.1, 0.15) is 12.7 Å². The van der Waals surface area contributed by atoms with Crippen molar-refractivity contribution < 1.29 is 13.2 Å². The third kappa shape index (κ3) is 3.72. The lowest BCUT2D eigenvalue weighted by atomic mass is 10.2. The molecule has 1 aliphatic heterocycles. The van der Waals surface area contributed by atoms with Crippen LogP contribution >= 0.6 is 15.9 Å². The second-order valence-electron chi connectivity index (χ2n) is 5.49. The zero-order valence-corrected chi connectivity index (χ0v) is 15.9. The van der Waals surface area contributed by atoms with E-state index >= 15 is 0 Å². The van der Waals surface area contributed by atoms with Crippen molar-refractivity contribution in [2.45, 2.75) is 6.92 Å². The third-order valence-corrected chi connectivity index (χ3v) is 6.48. The number of nitrogens with zero attached hydrogens (tertiary/aromatic N) is 6. The molecule has 3 heterocycles. The van der Waals surface area contributed by atoms with E-state index in [4.69, 9.17) is 0 Å². The number of rotatable bonds is 4. The van der Waals surface area contributed by atoms with Gasteiger partial charge >= 0.3 is 0 Å². The van der Waals surface area contributed by atoms with Crippen molar-refractivity contribution in [1.82, 2.24) is 29.0 Å². The highest BCUT2D eigenvalue weighted by molar-refractivity contribution is 9.10. The van der Waals surface area contributed by atoms with Gasteiger partial charge in [0.2, 0.25) is 10.0 Å². The summed E-state index contributed by atoms with van der Waals surface area (Å²) in [5.74, 6) is 0.486. The van der Waals surface area contributed by atoms with E-state index in [0.717, 1.165) is 0 Å². The number of sulfonamides is 1. The van der Waals surface area contributed by atoms with E-state index in [0.29, 0.717) is 42.0 Å². The summed E-state index contributed by atoms with van der Waals surface area (Å²) in [7, 11) is -3.21. The molecule has 11 heteroatoms. The molecule has 1 aliphatic rings. The van der Waals surface area contributed by atoms with Gasteiger partial charge in [-0.1, -0.05) is 0 Å². The predicted molar refractivity (Wildman–Crippen MR) is 93.8 cm³/mol. The van der Waals surface area contributed by atoms with Gasteiger partial charge in [-0.05, 0) is 28.9 Å². The first-order valence-electron chi connectivity index (χ1n) is 7.70. The van der Waals surface area contributed by atoms with Crippen LogP contribution < -0.4 is 0 Å². The molecule has 0 bridgehead atoms. The number of hydrogen-bond acceptors (Lipinski definition) is 6.